The lowest BCUT2D eigenvalue weighted by Gasteiger charge is -2.30. The summed E-state index contributed by atoms with van der Waals surface area (Å²) >= 11 is 5.88. The van der Waals surface area contributed by atoms with Crippen molar-refractivity contribution in [1.82, 2.24) is 10.2 Å². The lowest BCUT2D eigenvalue weighted by molar-refractivity contribution is 0.0931. The van der Waals surface area contributed by atoms with Gasteiger partial charge in [-0.3, -0.25) is 9.69 Å². The molecule has 2 aromatic carbocycles. The molecular formula is C20H24ClFN2O2. The molecular weight excluding hydrogens is 355 g/mol. The minimum absolute atomic E-state index is 0.0497. The third-order valence-corrected chi connectivity index (χ3v) is 4.60. The number of nitrogens with zero attached hydrogens (tertiary/aromatic N) is 1. The highest BCUT2D eigenvalue weighted by Gasteiger charge is 2.21. The number of amides is 1. The Balaban J connectivity index is 2.21. The molecule has 2 rings (SSSR count). The number of benzene rings is 2. The minimum Gasteiger partial charge on any atom is -0.497 e. The number of methoxy groups -OCH3 is 1. The first kappa shape index (κ1) is 20.2. The Labute approximate surface area is 158 Å². The highest BCUT2D eigenvalue weighted by molar-refractivity contribution is 6.31. The lowest BCUT2D eigenvalue weighted by Crippen LogP contribution is -2.38. The molecule has 0 radical (unpaired) electrons. The Morgan fingerprint density at radius 2 is 1.96 bits per heavy atom. The summed E-state index contributed by atoms with van der Waals surface area (Å²) < 4.78 is 19.2. The van der Waals surface area contributed by atoms with Crippen LogP contribution in [0.3, 0.4) is 0 Å². The van der Waals surface area contributed by atoms with Crippen molar-refractivity contribution in [3.63, 3.8) is 0 Å². The Hall–Kier alpha value is -2.11. The van der Waals surface area contributed by atoms with E-state index in [0.29, 0.717) is 11.6 Å². The van der Waals surface area contributed by atoms with Crippen molar-refractivity contribution >= 4 is 17.5 Å². The van der Waals surface area contributed by atoms with Crippen LogP contribution in [-0.2, 0) is 0 Å². The van der Waals surface area contributed by atoms with E-state index in [2.05, 4.69) is 24.1 Å². The Morgan fingerprint density at radius 3 is 2.62 bits per heavy atom. The van der Waals surface area contributed by atoms with Crippen molar-refractivity contribution in [2.75, 3.05) is 26.7 Å². The molecule has 0 bridgehead atoms. The van der Waals surface area contributed by atoms with Crippen LogP contribution in [-0.4, -0.2) is 37.6 Å². The molecule has 0 unspecified atom stereocenters. The van der Waals surface area contributed by atoms with Crippen LogP contribution in [0.15, 0.2) is 42.5 Å². The second kappa shape index (κ2) is 9.55. The van der Waals surface area contributed by atoms with E-state index in [1.54, 1.807) is 7.11 Å². The molecule has 2 aromatic rings. The van der Waals surface area contributed by atoms with Crippen LogP contribution in [0.1, 0.15) is 35.8 Å². The molecule has 4 nitrogen and oxygen atoms in total. The zero-order chi connectivity index (χ0) is 19.1. The molecule has 0 aliphatic heterocycles. The topological polar surface area (TPSA) is 41.6 Å². The van der Waals surface area contributed by atoms with E-state index in [4.69, 9.17) is 16.3 Å². The van der Waals surface area contributed by atoms with Crippen molar-refractivity contribution < 1.29 is 13.9 Å². The van der Waals surface area contributed by atoms with Crippen LogP contribution in [0.2, 0.25) is 5.02 Å². The number of carbonyl (C=O) groups excluding carboxylic acids is 1. The molecule has 26 heavy (non-hydrogen) atoms. The molecule has 0 fully saturated rings. The maximum Gasteiger partial charge on any atom is 0.254 e. The summed E-state index contributed by atoms with van der Waals surface area (Å²) in [7, 11) is 1.62. The Kier molecular flexibility index (Phi) is 7.42. The molecule has 1 atom stereocenters. The number of nitrogens with one attached hydrogen (secondary N) is 1. The van der Waals surface area contributed by atoms with Crippen LogP contribution in [0, 0.1) is 5.82 Å². The smallest absolute Gasteiger partial charge is 0.254 e. The number of rotatable bonds is 8. The average Bonchev–Trinajstić information content (AvgIpc) is 2.66. The van der Waals surface area contributed by atoms with Gasteiger partial charge in [0.1, 0.15) is 11.6 Å². The molecule has 1 amide bonds. The van der Waals surface area contributed by atoms with Gasteiger partial charge in [-0.05, 0) is 49.0 Å². The van der Waals surface area contributed by atoms with Crippen molar-refractivity contribution in [1.29, 1.82) is 0 Å². The van der Waals surface area contributed by atoms with Gasteiger partial charge in [0.05, 0.1) is 18.7 Å². The van der Waals surface area contributed by atoms with E-state index in [9.17, 15) is 9.18 Å². The fraction of sp³-hybridized carbons (Fsp3) is 0.350. The van der Waals surface area contributed by atoms with Gasteiger partial charge in [0.2, 0.25) is 0 Å². The molecule has 0 aliphatic rings. The first-order chi connectivity index (χ1) is 12.5. The highest BCUT2D eigenvalue weighted by atomic mass is 35.5. The second-order valence-corrected chi connectivity index (χ2v) is 6.28. The largest absolute Gasteiger partial charge is 0.497 e. The van der Waals surface area contributed by atoms with E-state index in [0.717, 1.165) is 24.4 Å². The zero-order valence-corrected chi connectivity index (χ0v) is 16.0. The monoisotopic (exact) mass is 378 g/mol. The van der Waals surface area contributed by atoms with Gasteiger partial charge in [0.25, 0.3) is 5.91 Å². The summed E-state index contributed by atoms with van der Waals surface area (Å²) in [6.45, 7) is 6.11. The number of carbonyl (C=O) groups is 1. The summed E-state index contributed by atoms with van der Waals surface area (Å²) in [5, 5.41) is 3.16. The van der Waals surface area contributed by atoms with Crippen molar-refractivity contribution in [3.8, 4) is 5.75 Å². The summed E-state index contributed by atoms with van der Waals surface area (Å²) in [4.78, 5) is 14.6. The molecule has 0 saturated heterocycles. The predicted octanol–water partition coefficient (Wildman–Crippen LogP) is 4.30. The molecule has 0 saturated carbocycles. The third-order valence-electron chi connectivity index (χ3n) is 4.36. The number of likely N-dealkylation sites (N-methyl/N-ethyl adjacent to an activating group) is 1. The molecule has 0 aromatic heterocycles. The first-order valence-electron chi connectivity index (χ1n) is 8.61. The zero-order valence-electron chi connectivity index (χ0n) is 15.3. The SMILES string of the molecule is CCN(CC)[C@@H](CNC(=O)c1cc(Cl)ccc1F)c1cccc(OC)c1. The van der Waals surface area contributed by atoms with Gasteiger partial charge in [-0.15, -0.1) is 0 Å². The van der Waals surface area contributed by atoms with Gasteiger partial charge in [-0.1, -0.05) is 37.6 Å². The number of hydrogen-bond donors (Lipinski definition) is 1. The molecule has 1 N–H and O–H groups in total. The van der Waals surface area contributed by atoms with Crippen LogP contribution < -0.4 is 10.1 Å². The molecule has 0 aliphatic carbocycles. The highest BCUT2D eigenvalue weighted by Crippen LogP contribution is 2.24. The van der Waals surface area contributed by atoms with Gasteiger partial charge in [-0.25, -0.2) is 4.39 Å². The van der Waals surface area contributed by atoms with Crippen LogP contribution >= 0.6 is 11.6 Å². The van der Waals surface area contributed by atoms with Gasteiger partial charge < -0.3 is 10.1 Å². The van der Waals surface area contributed by atoms with Gasteiger partial charge >= 0.3 is 0 Å². The maximum absolute atomic E-state index is 13.9. The molecule has 0 spiro atoms. The first-order valence-corrected chi connectivity index (χ1v) is 8.99. The van der Waals surface area contributed by atoms with E-state index in [-0.39, 0.29) is 11.6 Å². The van der Waals surface area contributed by atoms with E-state index >= 15 is 0 Å². The van der Waals surface area contributed by atoms with Crippen LogP contribution in [0.4, 0.5) is 4.39 Å². The quantitative estimate of drug-likeness (QED) is 0.744. The van der Waals surface area contributed by atoms with Gasteiger partial charge in [0, 0.05) is 11.6 Å². The summed E-state index contributed by atoms with van der Waals surface area (Å²) in [5.41, 5.74) is 0.973. The predicted molar refractivity (Wildman–Crippen MR) is 102 cm³/mol. The lowest BCUT2D eigenvalue weighted by atomic mass is 10.0. The summed E-state index contributed by atoms with van der Waals surface area (Å²) in [6.07, 6.45) is 0. The number of hydrogen-bond acceptors (Lipinski definition) is 3. The third kappa shape index (κ3) is 4.96. The fourth-order valence-corrected chi connectivity index (χ4v) is 3.10. The normalized spacial score (nSPS) is 12.1. The van der Waals surface area contributed by atoms with E-state index in [1.807, 2.05) is 24.3 Å². The van der Waals surface area contributed by atoms with Crippen molar-refractivity contribution in [2.24, 2.45) is 0 Å². The fourth-order valence-electron chi connectivity index (χ4n) is 2.93. The van der Waals surface area contributed by atoms with Crippen LogP contribution in [0.5, 0.6) is 5.75 Å². The molecule has 0 heterocycles. The maximum atomic E-state index is 13.9. The Morgan fingerprint density at radius 1 is 1.23 bits per heavy atom. The second-order valence-electron chi connectivity index (χ2n) is 5.85. The number of halogens is 2. The standard InChI is InChI=1S/C20H24ClFN2O2/c1-4-24(5-2)19(14-7-6-8-16(11-14)26-3)13-23-20(25)17-12-15(21)9-10-18(17)22/h6-12,19H,4-5,13H2,1-3H3,(H,23,25)/t19-/m0/s1. The van der Waals surface area contributed by atoms with E-state index < -0.39 is 11.7 Å². The number of ether oxygens (including phenoxy) is 1. The summed E-state index contributed by atoms with van der Waals surface area (Å²) in [5.74, 6) is -0.315. The van der Waals surface area contributed by atoms with Gasteiger partial charge in [0.15, 0.2) is 0 Å². The van der Waals surface area contributed by atoms with Crippen LogP contribution in [0.25, 0.3) is 0 Å². The van der Waals surface area contributed by atoms with Crippen molar-refractivity contribution in [3.05, 3.63) is 64.4 Å². The minimum atomic E-state index is -0.590. The van der Waals surface area contributed by atoms with Crippen molar-refractivity contribution in [2.45, 2.75) is 19.9 Å². The Bertz CT molecular complexity index is 750. The van der Waals surface area contributed by atoms with Gasteiger partial charge in [-0.2, -0.15) is 0 Å². The summed E-state index contributed by atoms with van der Waals surface area (Å²) in [6, 6.07) is 11.7. The molecule has 140 valence electrons. The average molecular weight is 379 g/mol. The van der Waals surface area contributed by atoms with E-state index in [1.165, 1.54) is 18.2 Å². The molecule has 6 heteroatoms.